The number of hydrogen-bond acceptors (Lipinski definition) is 4. The van der Waals surface area contributed by atoms with Gasteiger partial charge in [-0.15, -0.1) is 11.3 Å². The van der Waals surface area contributed by atoms with E-state index in [1.54, 1.807) is 0 Å². The number of halogens is 3. The minimum atomic E-state index is -4.40. The molecule has 0 spiro atoms. The van der Waals surface area contributed by atoms with Gasteiger partial charge in [-0.2, -0.15) is 13.2 Å². The standard InChI is InChI=1S/C14H16F3N3S/c1-4-18-12(10-6-5-8(2)20-9(10)3)11-7-19-13(21-11)14(15,16)17/h5-7,12,18H,4H2,1-3H3. The largest absolute Gasteiger partial charge is 0.443 e. The summed E-state index contributed by atoms with van der Waals surface area (Å²) in [7, 11) is 0. The maximum absolute atomic E-state index is 12.7. The van der Waals surface area contributed by atoms with Gasteiger partial charge in [0, 0.05) is 22.5 Å². The maximum atomic E-state index is 12.7. The Labute approximate surface area is 125 Å². The number of pyridine rings is 1. The van der Waals surface area contributed by atoms with Crippen LogP contribution < -0.4 is 5.32 Å². The van der Waals surface area contributed by atoms with Crippen molar-refractivity contribution in [2.24, 2.45) is 0 Å². The number of nitrogens with one attached hydrogen (secondary N) is 1. The van der Waals surface area contributed by atoms with E-state index in [0.29, 0.717) is 22.8 Å². The van der Waals surface area contributed by atoms with Crippen molar-refractivity contribution in [2.45, 2.75) is 33.0 Å². The molecule has 0 bridgehead atoms. The third kappa shape index (κ3) is 3.59. The molecular formula is C14H16F3N3S. The molecule has 7 heteroatoms. The van der Waals surface area contributed by atoms with Crippen LogP contribution in [0.5, 0.6) is 0 Å². The minimum Gasteiger partial charge on any atom is -0.306 e. The fraction of sp³-hybridized carbons (Fsp3) is 0.429. The predicted molar refractivity (Wildman–Crippen MR) is 76.3 cm³/mol. The molecule has 0 amide bonds. The second-order valence-electron chi connectivity index (χ2n) is 4.68. The van der Waals surface area contributed by atoms with Crippen LogP contribution in [-0.4, -0.2) is 16.5 Å². The molecule has 3 nitrogen and oxygen atoms in total. The average molecular weight is 315 g/mol. The van der Waals surface area contributed by atoms with Gasteiger partial charge in [-0.05, 0) is 32.0 Å². The zero-order chi connectivity index (χ0) is 15.6. The Morgan fingerprint density at radius 2 is 2.00 bits per heavy atom. The Morgan fingerprint density at radius 1 is 1.29 bits per heavy atom. The Bertz CT molecular complexity index is 622. The molecule has 0 aliphatic heterocycles. The molecule has 2 rings (SSSR count). The van der Waals surface area contributed by atoms with E-state index in [-0.39, 0.29) is 6.04 Å². The van der Waals surface area contributed by atoms with Crippen LogP contribution >= 0.6 is 11.3 Å². The van der Waals surface area contributed by atoms with E-state index in [2.05, 4.69) is 15.3 Å². The smallest absolute Gasteiger partial charge is 0.306 e. The van der Waals surface area contributed by atoms with Gasteiger partial charge in [-0.25, -0.2) is 4.98 Å². The molecule has 114 valence electrons. The van der Waals surface area contributed by atoms with Gasteiger partial charge in [0.15, 0.2) is 5.01 Å². The summed E-state index contributed by atoms with van der Waals surface area (Å²) in [5.41, 5.74) is 2.56. The Morgan fingerprint density at radius 3 is 2.52 bits per heavy atom. The van der Waals surface area contributed by atoms with Gasteiger partial charge < -0.3 is 5.32 Å². The van der Waals surface area contributed by atoms with Gasteiger partial charge in [0.25, 0.3) is 0 Å². The summed E-state index contributed by atoms with van der Waals surface area (Å²) in [4.78, 5) is 8.42. The molecule has 0 saturated heterocycles. The van der Waals surface area contributed by atoms with Crippen LogP contribution in [0.2, 0.25) is 0 Å². The molecular weight excluding hydrogens is 299 g/mol. The summed E-state index contributed by atoms with van der Waals surface area (Å²) in [6, 6.07) is 3.44. The summed E-state index contributed by atoms with van der Waals surface area (Å²) in [6.07, 6.45) is -3.11. The van der Waals surface area contributed by atoms with Crippen LogP contribution in [0.25, 0.3) is 0 Å². The second kappa shape index (κ2) is 6.11. The number of hydrogen-bond donors (Lipinski definition) is 1. The average Bonchev–Trinajstić information content (AvgIpc) is 2.86. The molecule has 0 radical (unpaired) electrons. The lowest BCUT2D eigenvalue weighted by molar-refractivity contribution is -0.137. The van der Waals surface area contributed by atoms with Crippen LogP contribution in [0, 0.1) is 13.8 Å². The van der Waals surface area contributed by atoms with Crippen molar-refractivity contribution >= 4 is 11.3 Å². The fourth-order valence-corrected chi connectivity index (χ4v) is 3.00. The molecule has 0 fully saturated rings. The first-order valence-electron chi connectivity index (χ1n) is 6.53. The number of nitrogens with zero attached hydrogens (tertiary/aromatic N) is 2. The van der Waals surface area contributed by atoms with Gasteiger partial charge >= 0.3 is 6.18 Å². The van der Waals surface area contributed by atoms with E-state index in [1.165, 1.54) is 6.20 Å². The van der Waals surface area contributed by atoms with E-state index in [4.69, 9.17) is 0 Å². The molecule has 1 atom stereocenters. The SMILES string of the molecule is CCNC(c1cnc(C(F)(F)F)s1)c1ccc(C)nc1C. The lowest BCUT2D eigenvalue weighted by atomic mass is 10.0. The topological polar surface area (TPSA) is 37.8 Å². The predicted octanol–water partition coefficient (Wildman–Crippen LogP) is 3.87. The van der Waals surface area contributed by atoms with Crippen molar-refractivity contribution in [3.8, 4) is 0 Å². The minimum absolute atomic E-state index is 0.323. The molecule has 0 saturated carbocycles. The highest BCUT2D eigenvalue weighted by molar-refractivity contribution is 7.11. The Balaban J connectivity index is 2.41. The zero-order valence-corrected chi connectivity index (χ0v) is 12.8. The normalized spacial score (nSPS) is 13.4. The van der Waals surface area contributed by atoms with E-state index in [0.717, 1.165) is 17.0 Å². The van der Waals surface area contributed by atoms with Crippen molar-refractivity contribution < 1.29 is 13.2 Å². The van der Waals surface area contributed by atoms with E-state index in [9.17, 15) is 13.2 Å². The van der Waals surface area contributed by atoms with E-state index >= 15 is 0 Å². The van der Waals surface area contributed by atoms with Crippen LogP contribution in [0.4, 0.5) is 13.2 Å². The van der Waals surface area contributed by atoms with Gasteiger partial charge in [0.1, 0.15) is 0 Å². The van der Waals surface area contributed by atoms with Crippen molar-refractivity contribution in [3.05, 3.63) is 45.2 Å². The third-order valence-corrected chi connectivity index (χ3v) is 4.14. The van der Waals surface area contributed by atoms with Gasteiger partial charge in [0.2, 0.25) is 0 Å². The summed E-state index contributed by atoms with van der Waals surface area (Å²) < 4.78 is 38.1. The lowest BCUT2D eigenvalue weighted by Gasteiger charge is -2.18. The van der Waals surface area contributed by atoms with Crippen LogP contribution in [-0.2, 0) is 6.18 Å². The summed E-state index contributed by atoms with van der Waals surface area (Å²) in [6.45, 7) is 6.29. The molecule has 0 aliphatic rings. The maximum Gasteiger partial charge on any atom is 0.443 e. The highest BCUT2D eigenvalue weighted by Gasteiger charge is 2.35. The number of rotatable bonds is 4. The summed E-state index contributed by atoms with van der Waals surface area (Å²) in [5.74, 6) is 0. The van der Waals surface area contributed by atoms with Gasteiger partial charge in [0.05, 0.1) is 6.04 Å². The molecule has 1 N–H and O–H groups in total. The first kappa shape index (κ1) is 15.9. The third-order valence-electron chi connectivity index (χ3n) is 3.04. The van der Waals surface area contributed by atoms with Gasteiger partial charge in [-0.3, -0.25) is 4.98 Å². The van der Waals surface area contributed by atoms with E-state index < -0.39 is 11.2 Å². The highest BCUT2D eigenvalue weighted by atomic mass is 32.1. The van der Waals surface area contributed by atoms with E-state index in [1.807, 2.05) is 32.9 Å². The van der Waals surface area contributed by atoms with Crippen molar-refractivity contribution in [1.82, 2.24) is 15.3 Å². The molecule has 0 aliphatic carbocycles. The molecule has 21 heavy (non-hydrogen) atoms. The van der Waals surface area contributed by atoms with Gasteiger partial charge in [-0.1, -0.05) is 13.0 Å². The molecule has 1 unspecified atom stereocenters. The van der Waals surface area contributed by atoms with Crippen LogP contribution in [0.3, 0.4) is 0 Å². The van der Waals surface area contributed by atoms with Crippen molar-refractivity contribution in [2.75, 3.05) is 6.54 Å². The Hall–Kier alpha value is -1.47. The zero-order valence-electron chi connectivity index (χ0n) is 12.0. The lowest BCUT2D eigenvalue weighted by Crippen LogP contribution is -2.22. The molecule has 0 aromatic carbocycles. The quantitative estimate of drug-likeness (QED) is 0.930. The van der Waals surface area contributed by atoms with Crippen molar-refractivity contribution in [1.29, 1.82) is 0 Å². The van der Waals surface area contributed by atoms with Crippen LogP contribution in [0.15, 0.2) is 18.3 Å². The first-order valence-corrected chi connectivity index (χ1v) is 7.35. The number of aryl methyl sites for hydroxylation is 2. The van der Waals surface area contributed by atoms with Crippen molar-refractivity contribution in [3.63, 3.8) is 0 Å². The number of alkyl halides is 3. The molecule has 2 aromatic heterocycles. The number of aromatic nitrogens is 2. The number of thiazole rings is 1. The summed E-state index contributed by atoms with van der Waals surface area (Å²) in [5, 5.41) is 2.38. The monoisotopic (exact) mass is 315 g/mol. The molecule has 2 heterocycles. The summed E-state index contributed by atoms with van der Waals surface area (Å²) >= 11 is 0.669. The first-order chi connectivity index (χ1) is 9.82. The van der Waals surface area contributed by atoms with Crippen LogP contribution in [0.1, 0.15) is 39.8 Å². The Kier molecular flexibility index (Phi) is 4.63. The highest BCUT2D eigenvalue weighted by Crippen LogP contribution is 2.36. The second-order valence-corrected chi connectivity index (χ2v) is 5.75. The molecule has 2 aromatic rings. The fourth-order valence-electron chi connectivity index (χ4n) is 2.12.